The number of rotatable bonds is 2. The zero-order valence-corrected chi connectivity index (χ0v) is 15.0. The second kappa shape index (κ2) is 6.49. The molecule has 0 aliphatic carbocycles. The van der Waals surface area contributed by atoms with Crippen LogP contribution in [0.1, 0.15) is 12.8 Å². The van der Waals surface area contributed by atoms with E-state index in [4.69, 9.17) is 0 Å². The number of anilines is 1. The van der Waals surface area contributed by atoms with E-state index in [1.54, 1.807) is 12.3 Å². The van der Waals surface area contributed by atoms with E-state index in [1.807, 2.05) is 0 Å². The van der Waals surface area contributed by atoms with E-state index in [-0.39, 0.29) is 11.5 Å². The number of fused-ring (bicyclic) bond motifs is 1. The summed E-state index contributed by atoms with van der Waals surface area (Å²) in [6, 6.07) is 5.43. The highest BCUT2D eigenvalue weighted by atomic mass is 79.9. The molecule has 4 rings (SSSR count). The number of nitrogens with one attached hydrogen (secondary N) is 2. The lowest BCUT2D eigenvalue weighted by molar-refractivity contribution is -0.125. The molecule has 3 heterocycles. The van der Waals surface area contributed by atoms with Crippen LogP contribution in [0.25, 0.3) is 22.6 Å². The number of hydrogen-bond donors (Lipinski definition) is 2. The lowest BCUT2D eigenvalue weighted by Gasteiger charge is -2.15. The Bertz CT molecular complexity index is 1040. The summed E-state index contributed by atoms with van der Waals surface area (Å²) < 4.78 is 15.1. The molecular formula is C17H13BrFN5O2. The Morgan fingerprint density at radius 2 is 2.19 bits per heavy atom. The van der Waals surface area contributed by atoms with Crippen molar-refractivity contribution in [2.24, 2.45) is 0 Å². The van der Waals surface area contributed by atoms with Crippen LogP contribution in [0, 0.1) is 5.82 Å². The summed E-state index contributed by atoms with van der Waals surface area (Å²) in [6.07, 6.45) is 2.62. The number of halogens is 2. The first kappa shape index (κ1) is 16.6. The number of hydrogen-bond acceptors (Lipinski definition) is 4. The maximum absolute atomic E-state index is 14.3. The van der Waals surface area contributed by atoms with Crippen molar-refractivity contribution >= 4 is 44.7 Å². The standard InChI is InChI=1S/C17H13BrFN5O2/c18-9-6-13-16(20-8-9)23-15(22-13)11-7-10(3-4-12(11)19)21-17(26)24-5-1-2-14(24)25/h3-4,6-8H,1-2,5H2,(H,21,26)(H,20,22,23). The minimum atomic E-state index is -0.514. The highest BCUT2D eigenvalue weighted by molar-refractivity contribution is 9.10. The van der Waals surface area contributed by atoms with E-state index in [0.717, 1.165) is 9.37 Å². The number of H-pyrrole nitrogens is 1. The summed E-state index contributed by atoms with van der Waals surface area (Å²) in [7, 11) is 0. The second-order valence-corrected chi connectivity index (χ2v) is 6.80. The molecule has 0 bridgehead atoms. The summed E-state index contributed by atoms with van der Waals surface area (Å²) >= 11 is 3.32. The van der Waals surface area contributed by atoms with Crippen LogP contribution >= 0.6 is 15.9 Å². The number of pyridine rings is 1. The molecule has 0 atom stereocenters. The van der Waals surface area contributed by atoms with Crippen molar-refractivity contribution in [1.29, 1.82) is 0 Å². The zero-order valence-electron chi connectivity index (χ0n) is 13.4. The lowest BCUT2D eigenvalue weighted by atomic mass is 10.1. The van der Waals surface area contributed by atoms with Gasteiger partial charge < -0.3 is 10.3 Å². The van der Waals surface area contributed by atoms with Crippen LogP contribution in [0.4, 0.5) is 14.9 Å². The molecule has 7 nitrogen and oxygen atoms in total. The molecule has 1 fully saturated rings. The van der Waals surface area contributed by atoms with Gasteiger partial charge in [0.1, 0.15) is 11.6 Å². The number of carbonyl (C=O) groups excluding carboxylic acids is 2. The minimum Gasteiger partial charge on any atom is -0.336 e. The molecule has 0 radical (unpaired) electrons. The van der Waals surface area contributed by atoms with Crippen LogP contribution in [0.2, 0.25) is 0 Å². The van der Waals surface area contributed by atoms with Gasteiger partial charge in [-0.3, -0.25) is 9.69 Å². The van der Waals surface area contributed by atoms with Crippen LogP contribution in [0.3, 0.4) is 0 Å². The molecule has 3 aromatic rings. The van der Waals surface area contributed by atoms with E-state index < -0.39 is 11.8 Å². The van der Waals surface area contributed by atoms with Crippen LogP contribution in [-0.4, -0.2) is 38.3 Å². The predicted molar refractivity (Wildman–Crippen MR) is 96.9 cm³/mol. The highest BCUT2D eigenvalue weighted by Gasteiger charge is 2.26. The van der Waals surface area contributed by atoms with Gasteiger partial charge >= 0.3 is 6.03 Å². The topological polar surface area (TPSA) is 91.0 Å². The number of amides is 3. The van der Waals surface area contributed by atoms with Crippen molar-refractivity contribution < 1.29 is 14.0 Å². The fourth-order valence-corrected chi connectivity index (χ4v) is 3.17. The Balaban J connectivity index is 1.65. The summed E-state index contributed by atoms with van der Waals surface area (Å²) in [5.41, 5.74) is 1.69. The molecule has 3 amide bonds. The number of nitrogens with zero attached hydrogens (tertiary/aromatic N) is 3. The van der Waals surface area contributed by atoms with Gasteiger partial charge in [-0.15, -0.1) is 0 Å². The number of imidazole rings is 1. The molecule has 1 saturated heterocycles. The van der Waals surface area contributed by atoms with Crippen molar-refractivity contribution in [3.63, 3.8) is 0 Å². The molecule has 1 aliphatic heterocycles. The van der Waals surface area contributed by atoms with Gasteiger partial charge in [0.2, 0.25) is 5.91 Å². The number of likely N-dealkylation sites (tertiary alicyclic amines) is 1. The number of carbonyl (C=O) groups is 2. The summed E-state index contributed by atoms with van der Waals surface area (Å²) in [6.45, 7) is 0.392. The SMILES string of the molecule is O=C1CCCN1C(=O)Nc1ccc(F)c(-c2nc3ncc(Br)cc3[nH]2)c1. The second-order valence-electron chi connectivity index (χ2n) is 5.88. The number of benzene rings is 1. The van der Waals surface area contributed by atoms with E-state index in [0.29, 0.717) is 42.1 Å². The van der Waals surface area contributed by atoms with Crippen molar-refractivity contribution in [2.75, 3.05) is 11.9 Å². The number of aromatic nitrogens is 3. The maximum atomic E-state index is 14.3. The third-order valence-corrected chi connectivity index (χ3v) is 4.53. The van der Waals surface area contributed by atoms with Gasteiger partial charge in [-0.2, -0.15) is 0 Å². The number of aromatic amines is 1. The summed E-state index contributed by atoms with van der Waals surface area (Å²) in [4.78, 5) is 36.5. The van der Waals surface area contributed by atoms with Gasteiger partial charge in [0.15, 0.2) is 5.65 Å². The monoisotopic (exact) mass is 417 g/mol. The van der Waals surface area contributed by atoms with E-state index in [1.165, 1.54) is 18.2 Å². The first-order valence-electron chi connectivity index (χ1n) is 7.94. The average molecular weight is 418 g/mol. The van der Waals surface area contributed by atoms with Gasteiger partial charge in [-0.05, 0) is 46.6 Å². The Labute approximate surface area is 155 Å². The van der Waals surface area contributed by atoms with Gasteiger partial charge in [0, 0.05) is 29.3 Å². The molecule has 9 heteroatoms. The van der Waals surface area contributed by atoms with Gasteiger partial charge in [-0.25, -0.2) is 19.2 Å². The third-order valence-electron chi connectivity index (χ3n) is 4.10. The zero-order chi connectivity index (χ0) is 18.3. The van der Waals surface area contributed by atoms with Crippen molar-refractivity contribution in [1.82, 2.24) is 19.9 Å². The maximum Gasteiger partial charge on any atom is 0.328 e. The molecule has 1 aliphatic rings. The van der Waals surface area contributed by atoms with Crippen LogP contribution in [-0.2, 0) is 4.79 Å². The highest BCUT2D eigenvalue weighted by Crippen LogP contribution is 2.27. The molecule has 2 N–H and O–H groups in total. The van der Waals surface area contributed by atoms with Crippen LogP contribution in [0.15, 0.2) is 34.9 Å². The van der Waals surface area contributed by atoms with Crippen molar-refractivity contribution in [3.8, 4) is 11.4 Å². The quantitative estimate of drug-likeness (QED) is 0.665. The molecule has 132 valence electrons. The van der Waals surface area contributed by atoms with Crippen molar-refractivity contribution in [2.45, 2.75) is 12.8 Å². The van der Waals surface area contributed by atoms with Gasteiger partial charge in [0.25, 0.3) is 0 Å². The Kier molecular flexibility index (Phi) is 4.15. The van der Waals surface area contributed by atoms with E-state index >= 15 is 0 Å². The average Bonchev–Trinajstić information content (AvgIpc) is 3.22. The summed E-state index contributed by atoms with van der Waals surface area (Å²) in [5.74, 6) is -0.395. The smallest absolute Gasteiger partial charge is 0.328 e. The first-order valence-corrected chi connectivity index (χ1v) is 8.73. The molecule has 0 spiro atoms. The fraction of sp³-hybridized carbons (Fsp3) is 0.176. The van der Waals surface area contributed by atoms with Crippen LogP contribution in [0.5, 0.6) is 0 Å². The molecule has 1 aromatic carbocycles. The Morgan fingerprint density at radius 3 is 2.96 bits per heavy atom. The fourth-order valence-electron chi connectivity index (χ4n) is 2.84. The lowest BCUT2D eigenvalue weighted by Crippen LogP contribution is -2.35. The van der Waals surface area contributed by atoms with E-state index in [9.17, 15) is 14.0 Å². The normalized spacial score (nSPS) is 14.2. The Hall–Kier alpha value is -2.81. The van der Waals surface area contributed by atoms with Crippen molar-refractivity contribution in [3.05, 3.63) is 40.8 Å². The molecular weight excluding hydrogens is 405 g/mol. The molecule has 26 heavy (non-hydrogen) atoms. The summed E-state index contributed by atoms with van der Waals surface area (Å²) in [5, 5.41) is 2.63. The molecule has 2 aromatic heterocycles. The first-order chi connectivity index (χ1) is 12.5. The predicted octanol–water partition coefficient (Wildman–Crippen LogP) is 3.68. The minimum absolute atomic E-state index is 0.199. The Morgan fingerprint density at radius 1 is 1.35 bits per heavy atom. The third kappa shape index (κ3) is 3.05. The largest absolute Gasteiger partial charge is 0.336 e. The molecule has 0 unspecified atom stereocenters. The van der Waals surface area contributed by atoms with Gasteiger partial charge in [0.05, 0.1) is 11.1 Å². The van der Waals surface area contributed by atoms with Gasteiger partial charge in [-0.1, -0.05) is 0 Å². The molecule has 0 saturated carbocycles. The number of imide groups is 1. The van der Waals surface area contributed by atoms with Crippen LogP contribution < -0.4 is 5.32 Å². The van der Waals surface area contributed by atoms with E-state index in [2.05, 4.69) is 36.2 Å². The number of urea groups is 1.